The topological polar surface area (TPSA) is 98.7 Å². The molecule has 1 fully saturated rings. The highest BCUT2D eigenvalue weighted by Gasteiger charge is 2.32. The summed E-state index contributed by atoms with van der Waals surface area (Å²) < 4.78 is 2.03. The minimum Gasteiger partial charge on any atom is -0.364 e. The highest BCUT2D eigenvalue weighted by Crippen LogP contribution is 2.39. The van der Waals surface area contributed by atoms with Gasteiger partial charge in [-0.3, -0.25) is 9.48 Å². The highest BCUT2D eigenvalue weighted by molar-refractivity contribution is 5.94. The standard InChI is InChI=1S/C22H24N6O/c23-21(29)19-17-12-11-14-13-24-22(25-15-7-3-1-4-8-15)26-18(14)20(17)28(27-19)16-9-5-2-6-10-16/h1,3-4,7-8,13,16H,2,5-6,9-12H2,(H2,23,29)(H,24,25,26). The minimum absolute atomic E-state index is 0.289. The summed E-state index contributed by atoms with van der Waals surface area (Å²) in [6.45, 7) is 0. The number of aryl methyl sites for hydroxylation is 1. The van der Waals surface area contributed by atoms with E-state index in [1.165, 1.54) is 19.3 Å². The van der Waals surface area contributed by atoms with Crippen molar-refractivity contribution in [3.05, 3.63) is 53.3 Å². The van der Waals surface area contributed by atoms with Crippen molar-refractivity contribution >= 4 is 17.5 Å². The van der Waals surface area contributed by atoms with Gasteiger partial charge in [0.1, 0.15) is 0 Å². The molecule has 2 aliphatic carbocycles. The Hall–Kier alpha value is -3.22. The number of aromatic nitrogens is 4. The molecule has 7 nitrogen and oxygen atoms in total. The fourth-order valence-electron chi connectivity index (χ4n) is 4.51. The van der Waals surface area contributed by atoms with Crippen molar-refractivity contribution in [1.29, 1.82) is 0 Å². The van der Waals surface area contributed by atoms with Gasteiger partial charge in [0.05, 0.1) is 17.4 Å². The number of amides is 1. The molecule has 2 aromatic heterocycles. The van der Waals surface area contributed by atoms with Crippen LogP contribution in [0.25, 0.3) is 11.4 Å². The van der Waals surface area contributed by atoms with Gasteiger partial charge in [-0.15, -0.1) is 0 Å². The van der Waals surface area contributed by atoms with E-state index in [0.29, 0.717) is 11.6 Å². The number of hydrogen-bond donors (Lipinski definition) is 2. The lowest BCUT2D eigenvalue weighted by Crippen LogP contribution is -2.18. The average molecular weight is 388 g/mol. The number of nitrogens with one attached hydrogen (secondary N) is 1. The quantitative estimate of drug-likeness (QED) is 0.708. The van der Waals surface area contributed by atoms with Gasteiger partial charge in [-0.05, 0) is 43.4 Å². The molecule has 29 heavy (non-hydrogen) atoms. The number of para-hydroxylation sites is 1. The summed E-state index contributed by atoms with van der Waals surface area (Å²) in [5, 5.41) is 7.96. The Morgan fingerprint density at radius 1 is 1.10 bits per heavy atom. The molecule has 2 aliphatic rings. The molecular weight excluding hydrogens is 364 g/mol. The van der Waals surface area contributed by atoms with Gasteiger partial charge >= 0.3 is 0 Å². The van der Waals surface area contributed by atoms with E-state index in [4.69, 9.17) is 10.7 Å². The summed E-state index contributed by atoms with van der Waals surface area (Å²) >= 11 is 0. The fraction of sp³-hybridized carbons (Fsp3) is 0.364. The van der Waals surface area contributed by atoms with Crippen LogP contribution in [-0.2, 0) is 12.8 Å². The van der Waals surface area contributed by atoms with E-state index >= 15 is 0 Å². The van der Waals surface area contributed by atoms with E-state index in [1.54, 1.807) is 0 Å². The third kappa shape index (κ3) is 3.26. The zero-order valence-corrected chi connectivity index (χ0v) is 16.3. The van der Waals surface area contributed by atoms with Gasteiger partial charge in [-0.2, -0.15) is 5.10 Å². The Kier molecular flexibility index (Phi) is 4.50. The summed E-state index contributed by atoms with van der Waals surface area (Å²) in [4.78, 5) is 21.4. The van der Waals surface area contributed by atoms with Crippen molar-refractivity contribution in [3.63, 3.8) is 0 Å². The first-order valence-electron chi connectivity index (χ1n) is 10.3. The second kappa shape index (κ2) is 7.31. The summed E-state index contributed by atoms with van der Waals surface area (Å²) in [7, 11) is 0. The molecule has 1 amide bonds. The van der Waals surface area contributed by atoms with Crippen LogP contribution in [0.4, 0.5) is 11.6 Å². The second-order valence-electron chi connectivity index (χ2n) is 7.83. The maximum absolute atomic E-state index is 12.1. The first-order valence-corrected chi connectivity index (χ1v) is 10.3. The first-order chi connectivity index (χ1) is 14.2. The number of benzene rings is 1. The largest absolute Gasteiger partial charge is 0.364 e. The van der Waals surface area contributed by atoms with Crippen molar-refractivity contribution in [1.82, 2.24) is 19.7 Å². The Labute approximate surface area is 169 Å². The molecule has 2 heterocycles. The van der Waals surface area contributed by atoms with Gasteiger partial charge in [0.15, 0.2) is 5.69 Å². The highest BCUT2D eigenvalue weighted by atomic mass is 16.1. The molecule has 0 radical (unpaired) electrons. The summed E-state index contributed by atoms with van der Waals surface area (Å²) in [6, 6.07) is 10.2. The number of primary amides is 1. The Bertz CT molecular complexity index is 1050. The van der Waals surface area contributed by atoms with Gasteiger partial charge in [-0.25, -0.2) is 9.97 Å². The summed E-state index contributed by atoms with van der Waals surface area (Å²) in [5.74, 6) is 0.0794. The Morgan fingerprint density at radius 2 is 1.90 bits per heavy atom. The average Bonchev–Trinajstić information content (AvgIpc) is 3.16. The van der Waals surface area contributed by atoms with Crippen molar-refractivity contribution < 1.29 is 4.79 Å². The van der Waals surface area contributed by atoms with Crippen molar-refractivity contribution in [2.45, 2.75) is 51.0 Å². The molecule has 0 atom stereocenters. The molecule has 0 spiro atoms. The van der Waals surface area contributed by atoms with Crippen molar-refractivity contribution in [2.75, 3.05) is 5.32 Å². The van der Waals surface area contributed by atoms with Gasteiger partial charge in [-0.1, -0.05) is 37.5 Å². The predicted octanol–water partition coefficient (Wildman–Crippen LogP) is 3.79. The number of fused-ring (bicyclic) bond motifs is 3. The molecule has 3 N–H and O–H groups in total. The minimum atomic E-state index is -0.462. The van der Waals surface area contributed by atoms with Crippen LogP contribution in [0.15, 0.2) is 36.5 Å². The molecule has 5 rings (SSSR count). The molecule has 0 bridgehead atoms. The normalized spacial score (nSPS) is 16.1. The molecule has 1 aromatic carbocycles. The van der Waals surface area contributed by atoms with E-state index in [9.17, 15) is 4.79 Å². The first kappa shape index (κ1) is 17.8. The maximum Gasteiger partial charge on any atom is 0.269 e. The van der Waals surface area contributed by atoms with Crippen LogP contribution >= 0.6 is 0 Å². The van der Waals surface area contributed by atoms with Crippen LogP contribution in [0, 0.1) is 0 Å². The zero-order valence-electron chi connectivity index (χ0n) is 16.3. The fourth-order valence-corrected chi connectivity index (χ4v) is 4.51. The third-order valence-corrected chi connectivity index (χ3v) is 5.93. The van der Waals surface area contributed by atoms with E-state index in [0.717, 1.165) is 53.9 Å². The second-order valence-corrected chi connectivity index (χ2v) is 7.83. The van der Waals surface area contributed by atoms with E-state index in [1.807, 2.05) is 41.2 Å². The smallest absolute Gasteiger partial charge is 0.269 e. The van der Waals surface area contributed by atoms with Crippen LogP contribution in [0.1, 0.15) is 59.8 Å². The third-order valence-electron chi connectivity index (χ3n) is 5.93. The Morgan fingerprint density at radius 3 is 2.66 bits per heavy atom. The van der Waals surface area contributed by atoms with Crippen LogP contribution in [0.3, 0.4) is 0 Å². The van der Waals surface area contributed by atoms with Crippen LogP contribution in [0.2, 0.25) is 0 Å². The van der Waals surface area contributed by atoms with E-state index in [2.05, 4.69) is 15.4 Å². The lowest BCUT2D eigenvalue weighted by Gasteiger charge is -2.26. The molecule has 1 saturated carbocycles. The number of nitrogens with two attached hydrogens (primary N) is 1. The molecule has 0 unspecified atom stereocenters. The van der Waals surface area contributed by atoms with E-state index in [-0.39, 0.29) is 6.04 Å². The molecule has 0 aliphatic heterocycles. The van der Waals surface area contributed by atoms with Crippen molar-refractivity contribution in [2.24, 2.45) is 5.73 Å². The number of carbonyl (C=O) groups excluding carboxylic acids is 1. The van der Waals surface area contributed by atoms with Crippen LogP contribution in [0.5, 0.6) is 0 Å². The van der Waals surface area contributed by atoms with Crippen LogP contribution < -0.4 is 11.1 Å². The van der Waals surface area contributed by atoms with Gasteiger partial charge < -0.3 is 11.1 Å². The molecule has 148 valence electrons. The Balaban J connectivity index is 1.61. The summed E-state index contributed by atoms with van der Waals surface area (Å²) in [6.07, 6.45) is 9.17. The van der Waals surface area contributed by atoms with Gasteiger partial charge in [0.2, 0.25) is 5.95 Å². The molecule has 7 heteroatoms. The monoisotopic (exact) mass is 388 g/mol. The van der Waals surface area contributed by atoms with Crippen LogP contribution in [-0.4, -0.2) is 25.7 Å². The van der Waals surface area contributed by atoms with Gasteiger partial charge in [0, 0.05) is 17.4 Å². The molecule has 0 saturated heterocycles. The number of anilines is 2. The number of nitrogens with zero attached hydrogens (tertiary/aromatic N) is 4. The maximum atomic E-state index is 12.1. The number of rotatable bonds is 4. The SMILES string of the molecule is NC(=O)c1nn(C2CCCCC2)c2c1CCc1cnc(Nc3ccccc3)nc1-2. The lowest BCUT2D eigenvalue weighted by atomic mass is 9.91. The lowest BCUT2D eigenvalue weighted by molar-refractivity contribution is 0.0993. The van der Waals surface area contributed by atoms with Crippen molar-refractivity contribution in [3.8, 4) is 11.4 Å². The van der Waals surface area contributed by atoms with Gasteiger partial charge in [0.25, 0.3) is 5.91 Å². The zero-order chi connectivity index (χ0) is 19.8. The predicted molar refractivity (Wildman–Crippen MR) is 111 cm³/mol. The molecule has 3 aromatic rings. The number of hydrogen-bond acceptors (Lipinski definition) is 5. The summed E-state index contributed by atoms with van der Waals surface area (Å²) in [5.41, 5.74) is 10.8. The van der Waals surface area contributed by atoms with E-state index < -0.39 is 5.91 Å². The molecular formula is C22H24N6O. The number of carbonyl (C=O) groups is 1.